The van der Waals surface area contributed by atoms with Crippen LogP contribution in [0.15, 0.2) is 24.4 Å². The van der Waals surface area contributed by atoms with Crippen LogP contribution in [0.25, 0.3) is 10.9 Å². The number of benzene rings is 1. The molecule has 1 N–H and O–H groups in total. The van der Waals surface area contributed by atoms with Gasteiger partial charge in [-0.2, -0.15) is 13.2 Å². The molecule has 3 heterocycles. The lowest BCUT2D eigenvalue weighted by Gasteiger charge is -2.31. The molecule has 1 saturated heterocycles. The van der Waals surface area contributed by atoms with Gasteiger partial charge in [-0.1, -0.05) is 11.6 Å². The Morgan fingerprint density at radius 1 is 1.11 bits per heavy atom. The lowest BCUT2D eigenvalue weighted by molar-refractivity contribution is -0.138. The van der Waals surface area contributed by atoms with Gasteiger partial charge in [0, 0.05) is 37.7 Å². The summed E-state index contributed by atoms with van der Waals surface area (Å²) >= 11 is 0. The summed E-state index contributed by atoms with van der Waals surface area (Å²) in [5.41, 5.74) is 1.54. The van der Waals surface area contributed by atoms with Crippen LogP contribution in [0, 0.1) is 20.8 Å². The number of alkyl halides is 3. The zero-order valence-corrected chi connectivity index (χ0v) is 21.8. The van der Waals surface area contributed by atoms with E-state index in [9.17, 15) is 22.5 Å². The molecule has 3 aromatic rings. The highest BCUT2D eigenvalue weighted by atomic mass is 31.2. The van der Waals surface area contributed by atoms with Crippen LogP contribution in [-0.2, 0) is 15.5 Å². The number of amides is 1. The SMILES string of the molecule is CC(=O)N1CCP(=O)(c2cc3c(N[C@H](C)c4cc(C)cc(C(F)(F)F)c4C)nc(C)nc3cn2)CC1. The van der Waals surface area contributed by atoms with Gasteiger partial charge in [0.2, 0.25) is 5.91 Å². The van der Waals surface area contributed by atoms with E-state index in [0.717, 1.165) is 6.07 Å². The van der Waals surface area contributed by atoms with E-state index in [1.165, 1.54) is 13.8 Å². The second-order valence-electron chi connectivity index (χ2n) is 9.41. The maximum atomic E-state index is 13.7. The molecule has 0 radical (unpaired) electrons. The number of aromatic nitrogens is 3. The number of carbonyl (C=O) groups is 1. The van der Waals surface area contributed by atoms with Crippen LogP contribution in [0.1, 0.15) is 48.0 Å². The molecular weight excluding hydrogens is 490 g/mol. The molecule has 0 saturated carbocycles. The highest BCUT2D eigenvalue weighted by Crippen LogP contribution is 2.46. The van der Waals surface area contributed by atoms with Crippen LogP contribution >= 0.6 is 7.14 Å². The van der Waals surface area contributed by atoms with E-state index in [4.69, 9.17) is 0 Å². The minimum absolute atomic E-state index is 0.0443. The summed E-state index contributed by atoms with van der Waals surface area (Å²) in [6.07, 6.45) is -2.20. The Kier molecular flexibility index (Phi) is 6.86. The Labute approximate surface area is 207 Å². The van der Waals surface area contributed by atoms with Crippen molar-refractivity contribution in [1.29, 1.82) is 0 Å². The van der Waals surface area contributed by atoms with Crippen LogP contribution in [0.5, 0.6) is 0 Å². The van der Waals surface area contributed by atoms with Crippen molar-refractivity contribution in [1.82, 2.24) is 19.9 Å². The van der Waals surface area contributed by atoms with Gasteiger partial charge in [-0.25, -0.2) is 9.97 Å². The van der Waals surface area contributed by atoms with Crippen molar-refractivity contribution < 1.29 is 22.5 Å². The zero-order chi connectivity index (χ0) is 26.4. The van der Waals surface area contributed by atoms with Gasteiger partial charge in [-0.05, 0) is 51.0 Å². The average Bonchev–Trinajstić information content (AvgIpc) is 2.79. The standard InChI is InChI=1S/C25H29F3N5O2P/c1-14-10-19(15(2)21(11-14)25(26,27)28)16(3)30-24-20-12-23(29-13-22(20)31-17(4)32-24)36(35)8-6-33(7-9-36)18(5)34/h10-13,16H,6-9H2,1-5H3,(H,30,31,32)/t16-/m1/s1. The van der Waals surface area contributed by atoms with E-state index in [2.05, 4.69) is 20.3 Å². The number of aryl methyl sites for hydroxylation is 2. The predicted octanol–water partition coefficient (Wildman–Crippen LogP) is 4.99. The smallest absolute Gasteiger partial charge is 0.363 e. The Morgan fingerprint density at radius 3 is 2.39 bits per heavy atom. The van der Waals surface area contributed by atoms with E-state index < -0.39 is 24.9 Å². The molecule has 36 heavy (non-hydrogen) atoms. The predicted molar refractivity (Wildman–Crippen MR) is 134 cm³/mol. The number of hydrogen-bond acceptors (Lipinski definition) is 6. The van der Waals surface area contributed by atoms with Crippen molar-refractivity contribution in [2.45, 2.75) is 46.8 Å². The van der Waals surface area contributed by atoms with Gasteiger partial charge in [-0.15, -0.1) is 0 Å². The molecule has 1 aliphatic heterocycles. The Hall–Kier alpha value is -3.00. The molecule has 0 aliphatic carbocycles. The fourth-order valence-electron chi connectivity index (χ4n) is 4.72. The Balaban J connectivity index is 1.72. The number of fused-ring (bicyclic) bond motifs is 1. The van der Waals surface area contributed by atoms with Gasteiger partial charge >= 0.3 is 6.18 Å². The maximum absolute atomic E-state index is 13.7. The lowest BCUT2D eigenvalue weighted by Crippen LogP contribution is -2.40. The summed E-state index contributed by atoms with van der Waals surface area (Å²) in [6, 6.07) is 4.13. The molecule has 192 valence electrons. The number of nitrogens with zero attached hydrogens (tertiary/aromatic N) is 4. The first-order valence-corrected chi connectivity index (χ1v) is 13.8. The molecule has 4 rings (SSSR count). The van der Waals surface area contributed by atoms with E-state index in [0.29, 0.717) is 64.5 Å². The van der Waals surface area contributed by atoms with Gasteiger partial charge in [-0.3, -0.25) is 9.78 Å². The third kappa shape index (κ3) is 5.09. The maximum Gasteiger partial charge on any atom is 0.416 e. The minimum Gasteiger partial charge on any atom is -0.363 e. The van der Waals surface area contributed by atoms with Gasteiger partial charge in [0.05, 0.1) is 23.3 Å². The highest BCUT2D eigenvalue weighted by molar-refractivity contribution is 7.71. The molecule has 0 spiro atoms. The van der Waals surface area contributed by atoms with E-state index in [1.54, 1.807) is 44.0 Å². The minimum atomic E-state index is -4.45. The summed E-state index contributed by atoms with van der Waals surface area (Å²) < 4.78 is 54.5. The fourth-order valence-corrected chi connectivity index (χ4v) is 7.16. The molecule has 0 unspecified atom stereocenters. The molecule has 1 atom stereocenters. The third-order valence-electron chi connectivity index (χ3n) is 6.72. The number of carbonyl (C=O) groups excluding carboxylic acids is 1. The first-order valence-electron chi connectivity index (χ1n) is 11.7. The molecule has 2 aromatic heterocycles. The summed E-state index contributed by atoms with van der Waals surface area (Å²) in [7, 11) is -2.82. The number of nitrogens with one attached hydrogen (secondary N) is 1. The molecule has 11 heteroatoms. The topological polar surface area (TPSA) is 88.1 Å². The van der Waals surface area contributed by atoms with Crippen molar-refractivity contribution in [2.75, 3.05) is 30.7 Å². The number of pyridine rings is 1. The van der Waals surface area contributed by atoms with E-state index >= 15 is 0 Å². The van der Waals surface area contributed by atoms with Crippen LogP contribution in [0.2, 0.25) is 0 Å². The monoisotopic (exact) mass is 519 g/mol. The van der Waals surface area contributed by atoms with Gasteiger partial charge in [0.15, 0.2) is 0 Å². The highest BCUT2D eigenvalue weighted by Gasteiger charge is 2.35. The number of rotatable bonds is 4. The first kappa shape index (κ1) is 26.1. The summed E-state index contributed by atoms with van der Waals surface area (Å²) in [6.45, 7) is 8.94. The number of anilines is 1. The lowest BCUT2D eigenvalue weighted by atomic mass is 9.94. The van der Waals surface area contributed by atoms with Gasteiger partial charge in [0.25, 0.3) is 0 Å². The molecular formula is C25H29F3N5O2P. The van der Waals surface area contributed by atoms with Crippen molar-refractivity contribution >= 4 is 35.2 Å². The quantitative estimate of drug-likeness (QED) is 0.489. The molecule has 1 aromatic carbocycles. The van der Waals surface area contributed by atoms with Crippen molar-refractivity contribution in [2.24, 2.45) is 0 Å². The summed E-state index contributed by atoms with van der Waals surface area (Å²) in [5, 5.41) is 3.86. The Morgan fingerprint density at radius 2 is 1.78 bits per heavy atom. The van der Waals surface area contributed by atoms with Crippen molar-refractivity contribution in [3.8, 4) is 0 Å². The molecule has 7 nitrogen and oxygen atoms in total. The largest absolute Gasteiger partial charge is 0.416 e. The van der Waals surface area contributed by atoms with Gasteiger partial charge in [0.1, 0.15) is 24.2 Å². The van der Waals surface area contributed by atoms with Gasteiger partial charge < -0.3 is 14.8 Å². The van der Waals surface area contributed by atoms with Crippen LogP contribution in [-0.4, -0.2) is 51.2 Å². The summed E-state index contributed by atoms with van der Waals surface area (Å²) in [5.74, 6) is 0.874. The molecule has 1 amide bonds. The van der Waals surface area contributed by atoms with Crippen LogP contribution < -0.4 is 10.8 Å². The molecule has 1 fully saturated rings. The fraction of sp³-hybridized carbons (Fsp3) is 0.440. The van der Waals surface area contributed by atoms with Crippen LogP contribution in [0.3, 0.4) is 0 Å². The molecule has 0 bridgehead atoms. The van der Waals surface area contributed by atoms with Crippen molar-refractivity contribution in [3.05, 3.63) is 52.5 Å². The third-order valence-corrected chi connectivity index (χ3v) is 9.65. The van der Waals surface area contributed by atoms with Crippen molar-refractivity contribution in [3.63, 3.8) is 0 Å². The zero-order valence-electron chi connectivity index (χ0n) is 20.9. The second-order valence-corrected chi connectivity index (χ2v) is 12.5. The normalized spacial score (nSPS) is 16.7. The number of hydrogen-bond donors (Lipinski definition) is 1. The first-order chi connectivity index (χ1) is 16.8. The summed E-state index contributed by atoms with van der Waals surface area (Å²) in [4.78, 5) is 26.7. The Bertz CT molecular complexity index is 1380. The van der Waals surface area contributed by atoms with E-state index in [1.807, 2.05) is 0 Å². The average molecular weight is 520 g/mol. The molecule has 1 aliphatic rings. The number of halogens is 3. The van der Waals surface area contributed by atoms with E-state index in [-0.39, 0.29) is 11.5 Å². The van der Waals surface area contributed by atoms with Crippen LogP contribution in [0.4, 0.5) is 19.0 Å². The second kappa shape index (κ2) is 9.47.